The molecule has 1 aromatic rings. The van der Waals surface area contributed by atoms with Crippen molar-refractivity contribution in [2.24, 2.45) is 11.8 Å². The number of benzene rings is 1. The number of aryl methyl sites for hydroxylation is 1. The van der Waals surface area contributed by atoms with Crippen LogP contribution in [0.5, 0.6) is 5.75 Å². The molecule has 4 nitrogen and oxygen atoms in total. The normalized spacial score (nSPS) is 41.4. The molecule has 2 heterocycles. The Kier molecular flexibility index (Phi) is 3.23. The summed E-state index contributed by atoms with van der Waals surface area (Å²) in [5.74, 6) is 1.85. The summed E-state index contributed by atoms with van der Waals surface area (Å²) >= 11 is 0. The Morgan fingerprint density at radius 1 is 1.38 bits per heavy atom. The van der Waals surface area contributed by atoms with Crippen molar-refractivity contribution in [2.45, 2.75) is 51.2 Å². The van der Waals surface area contributed by atoms with Crippen LogP contribution in [-0.2, 0) is 21.4 Å². The molecular weight excluding hydrogens is 326 g/mol. The number of carbonyl (C=O) groups excluding carboxylic acids is 1. The minimum absolute atomic E-state index is 0.0990. The highest BCUT2D eigenvalue weighted by Crippen LogP contribution is 2.63. The van der Waals surface area contributed by atoms with Gasteiger partial charge in [-0.1, -0.05) is 31.2 Å². The van der Waals surface area contributed by atoms with Gasteiger partial charge in [-0.25, -0.2) is 0 Å². The maximum atomic E-state index is 11.5. The highest BCUT2D eigenvalue weighted by molar-refractivity contribution is 5.65. The highest BCUT2D eigenvalue weighted by atomic mass is 16.5. The zero-order valence-corrected chi connectivity index (χ0v) is 16.1. The summed E-state index contributed by atoms with van der Waals surface area (Å²) < 4.78 is 12.9. The summed E-state index contributed by atoms with van der Waals surface area (Å²) in [7, 11) is 2.26. The van der Waals surface area contributed by atoms with Crippen LogP contribution in [-0.4, -0.2) is 42.9 Å². The lowest BCUT2D eigenvalue weighted by atomic mass is 9.52. The Bertz CT molecular complexity index is 831. The molecule has 4 aliphatic rings. The summed E-state index contributed by atoms with van der Waals surface area (Å²) in [4.78, 5) is 11.5. The van der Waals surface area contributed by atoms with Crippen LogP contribution in [0.4, 0.5) is 0 Å². The molecule has 0 amide bonds. The van der Waals surface area contributed by atoms with Crippen LogP contribution in [0, 0.1) is 18.8 Å². The smallest absolute Gasteiger partial charge is 0.306 e. The van der Waals surface area contributed by atoms with E-state index in [9.17, 15) is 4.79 Å². The lowest BCUT2D eigenvalue weighted by molar-refractivity contribution is -0.958. The van der Waals surface area contributed by atoms with Gasteiger partial charge in [-0.15, -0.1) is 0 Å². The van der Waals surface area contributed by atoms with E-state index in [1.165, 1.54) is 23.6 Å². The van der Waals surface area contributed by atoms with Crippen LogP contribution in [0.2, 0.25) is 0 Å². The minimum Gasteiger partial charge on any atom is -0.488 e. The molecule has 1 unspecified atom stereocenters. The zero-order valence-electron chi connectivity index (χ0n) is 16.1. The number of nitrogens with zero attached hydrogens (tertiary/aromatic N) is 1. The van der Waals surface area contributed by atoms with Crippen molar-refractivity contribution in [1.82, 2.24) is 0 Å². The summed E-state index contributed by atoms with van der Waals surface area (Å²) in [5.41, 5.74) is 4.31. The number of quaternary nitrogens is 1. The largest absolute Gasteiger partial charge is 0.488 e. The van der Waals surface area contributed by atoms with Crippen LogP contribution in [0.25, 0.3) is 0 Å². The van der Waals surface area contributed by atoms with Gasteiger partial charge in [0.15, 0.2) is 0 Å². The number of likely N-dealkylation sites (N-methyl/N-ethyl adjacent to an activating group) is 1. The van der Waals surface area contributed by atoms with Crippen LogP contribution < -0.4 is 4.74 Å². The number of piperidine rings is 1. The average molecular weight is 354 g/mol. The molecule has 1 aromatic carbocycles. The van der Waals surface area contributed by atoms with Gasteiger partial charge in [-0.3, -0.25) is 9.28 Å². The van der Waals surface area contributed by atoms with Gasteiger partial charge in [0.05, 0.1) is 19.0 Å². The first kappa shape index (κ1) is 16.4. The first-order chi connectivity index (χ1) is 12.4. The summed E-state index contributed by atoms with van der Waals surface area (Å²) in [6.45, 7) is 7.47. The monoisotopic (exact) mass is 354 g/mol. The molecule has 2 aliphatic heterocycles. The van der Waals surface area contributed by atoms with Crippen LogP contribution in [0.3, 0.4) is 0 Å². The predicted molar refractivity (Wildman–Crippen MR) is 98.9 cm³/mol. The number of carbonyl (C=O) groups is 1. The molecule has 138 valence electrons. The average Bonchev–Trinajstić information content (AvgIpc) is 2.96. The second kappa shape index (κ2) is 5.13. The van der Waals surface area contributed by atoms with Crippen LogP contribution in [0.15, 0.2) is 24.3 Å². The first-order valence-electron chi connectivity index (χ1n) is 9.82. The molecule has 26 heavy (non-hydrogen) atoms. The molecule has 6 atom stereocenters. The maximum absolute atomic E-state index is 11.5. The zero-order chi connectivity index (χ0) is 18.3. The van der Waals surface area contributed by atoms with Gasteiger partial charge in [0.1, 0.15) is 17.9 Å². The molecule has 1 fully saturated rings. The van der Waals surface area contributed by atoms with Crippen molar-refractivity contribution in [3.05, 3.63) is 41.0 Å². The van der Waals surface area contributed by atoms with Crippen molar-refractivity contribution >= 4 is 5.97 Å². The third-order valence-corrected chi connectivity index (χ3v) is 7.60. The fourth-order valence-corrected chi connectivity index (χ4v) is 6.31. The van der Waals surface area contributed by atoms with Gasteiger partial charge in [-0.05, 0) is 18.1 Å². The third-order valence-electron chi connectivity index (χ3n) is 7.60. The number of hydrogen-bond acceptors (Lipinski definition) is 3. The molecule has 2 bridgehead atoms. The molecule has 0 N–H and O–H groups in total. The van der Waals surface area contributed by atoms with E-state index < -0.39 is 0 Å². The summed E-state index contributed by atoms with van der Waals surface area (Å²) in [6, 6.07) is 4.96. The van der Waals surface area contributed by atoms with Gasteiger partial charge < -0.3 is 9.47 Å². The first-order valence-corrected chi connectivity index (χ1v) is 9.82. The topological polar surface area (TPSA) is 35.5 Å². The highest BCUT2D eigenvalue weighted by Gasteiger charge is 2.67. The Labute approximate surface area is 155 Å². The number of likely N-dealkylation sites (tertiary alicyclic amines) is 1. The molecule has 5 rings (SSSR count). The van der Waals surface area contributed by atoms with E-state index in [1.54, 1.807) is 0 Å². The van der Waals surface area contributed by atoms with Gasteiger partial charge in [-0.2, -0.15) is 0 Å². The predicted octanol–water partition coefficient (Wildman–Crippen LogP) is 3.11. The van der Waals surface area contributed by atoms with Gasteiger partial charge >= 0.3 is 5.97 Å². The third kappa shape index (κ3) is 1.86. The van der Waals surface area contributed by atoms with E-state index in [0.29, 0.717) is 24.6 Å². The second-order valence-corrected chi connectivity index (χ2v) is 9.08. The number of hydrogen-bond donors (Lipinski definition) is 0. The fourth-order valence-electron chi connectivity index (χ4n) is 6.31. The molecule has 1 spiro atoms. The van der Waals surface area contributed by atoms with Crippen molar-refractivity contribution in [3.63, 3.8) is 0 Å². The summed E-state index contributed by atoms with van der Waals surface area (Å²) in [5, 5.41) is 0. The van der Waals surface area contributed by atoms with E-state index >= 15 is 0 Å². The Balaban J connectivity index is 1.68. The van der Waals surface area contributed by atoms with Gasteiger partial charge in [0.2, 0.25) is 6.73 Å². The van der Waals surface area contributed by atoms with E-state index in [0.717, 1.165) is 29.6 Å². The van der Waals surface area contributed by atoms with E-state index in [4.69, 9.17) is 9.47 Å². The molecule has 1 saturated heterocycles. The lowest BCUT2D eigenvalue weighted by Crippen LogP contribution is -2.71. The Morgan fingerprint density at radius 3 is 2.96 bits per heavy atom. The van der Waals surface area contributed by atoms with Crippen molar-refractivity contribution < 1.29 is 18.8 Å². The lowest BCUT2D eigenvalue weighted by Gasteiger charge is -2.59. The van der Waals surface area contributed by atoms with E-state index in [2.05, 4.69) is 45.2 Å². The van der Waals surface area contributed by atoms with Crippen LogP contribution >= 0.6 is 0 Å². The van der Waals surface area contributed by atoms with E-state index in [1.807, 2.05) is 0 Å². The molecule has 0 radical (unpaired) electrons. The minimum atomic E-state index is -0.186. The molecule has 0 saturated carbocycles. The van der Waals surface area contributed by atoms with Crippen LogP contribution in [0.1, 0.15) is 37.0 Å². The fraction of sp³-hybridized carbons (Fsp3) is 0.591. The quantitative estimate of drug-likeness (QED) is 0.465. The van der Waals surface area contributed by atoms with Crippen molar-refractivity contribution in [2.75, 3.05) is 20.3 Å². The molecule has 0 aromatic heterocycles. The van der Waals surface area contributed by atoms with Crippen molar-refractivity contribution in [1.29, 1.82) is 0 Å². The van der Waals surface area contributed by atoms with Gasteiger partial charge in [0, 0.05) is 37.2 Å². The van der Waals surface area contributed by atoms with E-state index in [-0.39, 0.29) is 17.5 Å². The SMILES string of the molecule is CC(=O)OC[N@@+]1(C)CC[C@]23c4c5ccc(C)c4O[C@H]2[C@@H](C)C=C[C@H]3C1C5. The maximum Gasteiger partial charge on any atom is 0.306 e. The van der Waals surface area contributed by atoms with Crippen molar-refractivity contribution in [3.8, 4) is 5.75 Å². The number of esters is 1. The molecular formula is C22H28NO3+. The Morgan fingerprint density at radius 2 is 2.19 bits per heavy atom. The number of ether oxygens (including phenoxy) is 2. The molecule has 4 heteroatoms. The standard InChI is InChI=1S/C22H28NO3/c1-13-5-7-16-11-18-17-8-6-14(2)21-22(17,19(16)20(13)26-21)9-10-23(18,4)12-25-15(3)24/h5-8,14,17-18,21H,9-12H2,1-4H3/q+1/t14-,17-,18?,21-,22-,23+/m0/s1. The second-order valence-electron chi connectivity index (χ2n) is 9.08. The van der Waals surface area contributed by atoms with Gasteiger partial charge in [0.25, 0.3) is 0 Å². The Hall–Kier alpha value is -1.81. The number of rotatable bonds is 2. The summed E-state index contributed by atoms with van der Waals surface area (Å²) in [6.07, 6.45) is 7.17. The molecule has 2 aliphatic carbocycles.